The molecule has 1 aliphatic rings. The average molecular weight is 152 g/mol. The summed E-state index contributed by atoms with van der Waals surface area (Å²) >= 11 is 0. The van der Waals surface area contributed by atoms with Crippen LogP contribution in [0.5, 0.6) is 0 Å². The van der Waals surface area contributed by atoms with Gasteiger partial charge in [-0.2, -0.15) is 15.4 Å². The first-order valence-electron chi connectivity index (χ1n) is 3.98. The zero-order valence-corrected chi connectivity index (χ0v) is 6.38. The van der Waals surface area contributed by atoms with Gasteiger partial charge in [-0.1, -0.05) is 0 Å². The largest absolute Gasteiger partial charge is 0.330 e. The second kappa shape index (κ2) is 2.62. The molecular weight excluding hydrogens is 140 g/mol. The first-order valence-corrected chi connectivity index (χ1v) is 3.98. The molecule has 1 aromatic heterocycles. The summed E-state index contributed by atoms with van der Waals surface area (Å²) in [6.45, 7) is 0.770. The van der Waals surface area contributed by atoms with E-state index in [1.54, 1.807) is 0 Å². The summed E-state index contributed by atoms with van der Waals surface area (Å²) in [6, 6.07) is 0. The standard InChI is InChI=1S/C7H12N4/c8-4-5-1-2-6-7(3-5)10-11-9-6/h5H,1-4,8H2,(H,9,10,11). The van der Waals surface area contributed by atoms with E-state index in [0.717, 1.165) is 37.2 Å². The lowest BCUT2D eigenvalue weighted by Crippen LogP contribution is -2.22. The van der Waals surface area contributed by atoms with Crippen LogP contribution in [-0.4, -0.2) is 22.0 Å². The van der Waals surface area contributed by atoms with Crippen LogP contribution in [0.1, 0.15) is 17.8 Å². The summed E-state index contributed by atoms with van der Waals surface area (Å²) in [4.78, 5) is 0. The Kier molecular flexibility index (Phi) is 1.62. The van der Waals surface area contributed by atoms with E-state index >= 15 is 0 Å². The Bertz CT molecular complexity index is 242. The third-order valence-corrected chi connectivity index (χ3v) is 2.31. The fourth-order valence-electron chi connectivity index (χ4n) is 1.56. The lowest BCUT2D eigenvalue weighted by atomic mass is 9.90. The highest BCUT2D eigenvalue weighted by Crippen LogP contribution is 2.20. The van der Waals surface area contributed by atoms with Gasteiger partial charge in [-0.25, -0.2) is 0 Å². The third-order valence-electron chi connectivity index (χ3n) is 2.31. The molecule has 11 heavy (non-hydrogen) atoms. The minimum absolute atomic E-state index is 0.618. The van der Waals surface area contributed by atoms with Gasteiger partial charge in [0.25, 0.3) is 0 Å². The number of H-pyrrole nitrogens is 1. The van der Waals surface area contributed by atoms with Crippen molar-refractivity contribution in [1.29, 1.82) is 0 Å². The molecule has 4 heteroatoms. The molecule has 0 aliphatic heterocycles. The second-order valence-corrected chi connectivity index (χ2v) is 3.06. The van der Waals surface area contributed by atoms with Crippen molar-refractivity contribution in [3.8, 4) is 0 Å². The first kappa shape index (κ1) is 6.79. The highest BCUT2D eigenvalue weighted by atomic mass is 15.3. The van der Waals surface area contributed by atoms with Gasteiger partial charge >= 0.3 is 0 Å². The molecule has 0 saturated heterocycles. The summed E-state index contributed by atoms with van der Waals surface area (Å²) in [5, 5.41) is 10.8. The molecule has 0 amide bonds. The molecule has 0 fully saturated rings. The smallest absolute Gasteiger partial charge is 0.0860 e. The lowest BCUT2D eigenvalue weighted by molar-refractivity contribution is 0.461. The number of rotatable bonds is 1. The predicted molar refractivity (Wildman–Crippen MR) is 41.0 cm³/mol. The number of nitrogens with zero attached hydrogens (tertiary/aromatic N) is 2. The van der Waals surface area contributed by atoms with Gasteiger partial charge in [0.05, 0.1) is 11.4 Å². The van der Waals surface area contributed by atoms with Crippen LogP contribution < -0.4 is 5.73 Å². The van der Waals surface area contributed by atoms with Gasteiger partial charge in [-0.15, -0.1) is 0 Å². The minimum atomic E-state index is 0.618. The summed E-state index contributed by atoms with van der Waals surface area (Å²) in [5.41, 5.74) is 7.82. The van der Waals surface area contributed by atoms with Crippen LogP contribution >= 0.6 is 0 Å². The highest BCUT2D eigenvalue weighted by Gasteiger charge is 2.20. The Morgan fingerprint density at radius 1 is 1.45 bits per heavy atom. The first-order chi connectivity index (χ1) is 5.40. The molecule has 3 N–H and O–H groups in total. The average Bonchev–Trinajstić information content (AvgIpc) is 2.50. The van der Waals surface area contributed by atoms with Crippen molar-refractivity contribution in [3.05, 3.63) is 11.4 Å². The zero-order valence-electron chi connectivity index (χ0n) is 6.38. The van der Waals surface area contributed by atoms with E-state index in [-0.39, 0.29) is 0 Å². The summed E-state index contributed by atoms with van der Waals surface area (Å²) in [7, 11) is 0. The van der Waals surface area contributed by atoms with Gasteiger partial charge in [-0.3, -0.25) is 0 Å². The SMILES string of the molecule is NCC1CCc2n[nH]nc2C1. The molecule has 2 rings (SSSR count). The van der Waals surface area contributed by atoms with Gasteiger partial charge < -0.3 is 5.73 Å². The van der Waals surface area contributed by atoms with Crippen molar-refractivity contribution >= 4 is 0 Å². The fourth-order valence-corrected chi connectivity index (χ4v) is 1.56. The van der Waals surface area contributed by atoms with Crippen LogP contribution in [0.4, 0.5) is 0 Å². The number of fused-ring (bicyclic) bond motifs is 1. The van der Waals surface area contributed by atoms with Gasteiger partial charge in [0.15, 0.2) is 0 Å². The number of aromatic amines is 1. The molecule has 1 aromatic rings. The molecule has 0 saturated carbocycles. The summed E-state index contributed by atoms with van der Waals surface area (Å²) < 4.78 is 0. The van der Waals surface area contributed by atoms with Crippen LogP contribution in [0.2, 0.25) is 0 Å². The van der Waals surface area contributed by atoms with Crippen molar-refractivity contribution in [1.82, 2.24) is 15.4 Å². The number of hydrogen-bond donors (Lipinski definition) is 2. The molecular formula is C7H12N4. The van der Waals surface area contributed by atoms with E-state index in [2.05, 4.69) is 15.4 Å². The molecule has 4 nitrogen and oxygen atoms in total. The molecule has 60 valence electrons. The number of hydrogen-bond acceptors (Lipinski definition) is 3. The predicted octanol–water partition coefficient (Wildman–Crippen LogP) is -0.132. The van der Waals surface area contributed by atoms with Gasteiger partial charge in [-0.05, 0) is 31.7 Å². The van der Waals surface area contributed by atoms with Crippen molar-refractivity contribution in [2.75, 3.05) is 6.54 Å². The minimum Gasteiger partial charge on any atom is -0.330 e. The molecule has 1 aliphatic carbocycles. The van der Waals surface area contributed by atoms with E-state index in [0.29, 0.717) is 5.92 Å². The van der Waals surface area contributed by atoms with Crippen molar-refractivity contribution in [3.63, 3.8) is 0 Å². The maximum absolute atomic E-state index is 5.57. The molecule has 1 atom stereocenters. The van der Waals surface area contributed by atoms with Crippen LogP contribution in [0.25, 0.3) is 0 Å². The van der Waals surface area contributed by atoms with Crippen LogP contribution in [0.3, 0.4) is 0 Å². The van der Waals surface area contributed by atoms with E-state index in [1.165, 1.54) is 0 Å². The summed E-state index contributed by atoms with van der Waals surface area (Å²) in [6.07, 6.45) is 3.20. The molecule has 0 bridgehead atoms. The van der Waals surface area contributed by atoms with Gasteiger partial charge in [0.1, 0.15) is 0 Å². The lowest BCUT2D eigenvalue weighted by Gasteiger charge is -2.17. The van der Waals surface area contributed by atoms with Crippen molar-refractivity contribution in [2.24, 2.45) is 11.7 Å². The summed E-state index contributed by atoms with van der Waals surface area (Å²) in [5.74, 6) is 0.618. The normalized spacial score (nSPS) is 23.2. The van der Waals surface area contributed by atoms with Crippen LogP contribution in [0.15, 0.2) is 0 Å². The molecule has 0 radical (unpaired) electrons. The maximum atomic E-state index is 5.57. The van der Waals surface area contributed by atoms with E-state index in [4.69, 9.17) is 5.73 Å². The second-order valence-electron chi connectivity index (χ2n) is 3.06. The molecule has 1 unspecified atom stereocenters. The topological polar surface area (TPSA) is 67.6 Å². The Labute approximate surface area is 65.2 Å². The Hall–Kier alpha value is -0.900. The number of nitrogens with one attached hydrogen (secondary N) is 1. The third kappa shape index (κ3) is 1.14. The Morgan fingerprint density at radius 2 is 2.27 bits per heavy atom. The fraction of sp³-hybridized carbons (Fsp3) is 0.714. The van der Waals surface area contributed by atoms with Crippen LogP contribution in [-0.2, 0) is 12.8 Å². The van der Waals surface area contributed by atoms with Crippen LogP contribution in [0, 0.1) is 5.92 Å². The number of nitrogens with two attached hydrogens (primary N) is 1. The number of aryl methyl sites for hydroxylation is 1. The maximum Gasteiger partial charge on any atom is 0.0860 e. The molecule has 0 aromatic carbocycles. The van der Waals surface area contributed by atoms with Gasteiger partial charge in [0, 0.05) is 0 Å². The van der Waals surface area contributed by atoms with Gasteiger partial charge in [0.2, 0.25) is 0 Å². The monoisotopic (exact) mass is 152 g/mol. The van der Waals surface area contributed by atoms with Crippen molar-refractivity contribution in [2.45, 2.75) is 19.3 Å². The van der Waals surface area contributed by atoms with E-state index < -0.39 is 0 Å². The number of aromatic nitrogens is 3. The van der Waals surface area contributed by atoms with E-state index in [9.17, 15) is 0 Å². The molecule has 1 heterocycles. The Morgan fingerprint density at radius 3 is 3.09 bits per heavy atom. The zero-order chi connectivity index (χ0) is 7.68. The molecule has 0 spiro atoms. The Balaban J connectivity index is 2.18. The van der Waals surface area contributed by atoms with Crippen molar-refractivity contribution < 1.29 is 0 Å². The van der Waals surface area contributed by atoms with E-state index in [1.807, 2.05) is 0 Å². The highest BCUT2D eigenvalue weighted by molar-refractivity contribution is 5.12. The quantitative estimate of drug-likeness (QED) is 0.589.